The van der Waals surface area contributed by atoms with Gasteiger partial charge in [0, 0.05) is 22.5 Å². The summed E-state index contributed by atoms with van der Waals surface area (Å²) in [6, 6.07) is 6.03. The van der Waals surface area contributed by atoms with Crippen LogP contribution >= 0.6 is 27.5 Å². The fraction of sp³-hybridized carbons (Fsp3) is 0.429. The SMILES string of the molecule is CNC(Cc1nc(-c2ccc(Cl)c(Br)c2)no1)C1CC1. The molecule has 3 rings (SSSR count). The Bertz CT molecular complexity index is 612. The largest absolute Gasteiger partial charge is 0.339 e. The molecule has 1 N–H and O–H groups in total. The molecule has 1 saturated carbocycles. The molecule has 106 valence electrons. The first-order chi connectivity index (χ1) is 9.67. The first-order valence-electron chi connectivity index (χ1n) is 6.62. The molecule has 1 unspecified atom stereocenters. The van der Waals surface area contributed by atoms with Crippen molar-refractivity contribution in [3.8, 4) is 11.4 Å². The Morgan fingerprint density at radius 1 is 1.50 bits per heavy atom. The second-order valence-electron chi connectivity index (χ2n) is 5.08. The van der Waals surface area contributed by atoms with E-state index in [1.54, 1.807) is 0 Å². The van der Waals surface area contributed by atoms with Gasteiger partial charge in [-0.1, -0.05) is 16.8 Å². The van der Waals surface area contributed by atoms with E-state index in [1.165, 1.54) is 12.8 Å². The van der Waals surface area contributed by atoms with Crippen molar-refractivity contribution in [2.24, 2.45) is 5.92 Å². The minimum Gasteiger partial charge on any atom is -0.339 e. The van der Waals surface area contributed by atoms with Crippen LogP contribution < -0.4 is 5.32 Å². The quantitative estimate of drug-likeness (QED) is 0.887. The van der Waals surface area contributed by atoms with E-state index in [1.807, 2.05) is 25.2 Å². The van der Waals surface area contributed by atoms with E-state index in [-0.39, 0.29) is 0 Å². The van der Waals surface area contributed by atoms with Crippen molar-refractivity contribution >= 4 is 27.5 Å². The predicted octanol–water partition coefficient (Wildman–Crippen LogP) is 3.69. The molecule has 0 radical (unpaired) electrons. The van der Waals surface area contributed by atoms with Gasteiger partial charge in [0.1, 0.15) is 0 Å². The number of halogens is 2. The monoisotopic (exact) mass is 355 g/mol. The smallest absolute Gasteiger partial charge is 0.228 e. The van der Waals surface area contributed by atoms with Crippen LogP contribution in [0.3, 0.4) is 0 Å². The molecule has 1 aliphatic rings. The summed E-state index contributed by atoms with van der Waals surface area (Å²) in [5.41, 5.74) is 0.892. The molecule has 1 heterocycles. The third kappa shape index (κ3) is 3.05. The first-order valence-corrected chi connectivity index (χ1v) is 7.79. The molecule has 0 aliphatic heterocycles. The zero-order valence-corrected chi connectivity index (χ0v) is 13.4. The second kappa shape index (κ2) is 5.84. The van der Waals surface area contributed by atoms with Gasteiger partial charge in [0.2, 0.25) is 11.7 Å². The standard InChI is InChI=1S/C14H15BrClN3O/c1-17-12(8-2-3-8)7-13-18-14(19-20-13)9-4-5-11(16)10(15)6-9/h4-6,8,12,17H,2-3,7H2,1H3. The fourth-order valence-electron chi connectivity index (χ4n) is 2.28. The highest BCUT2D eigenvalue weighted by atomic mass is 79.9. The van der Waals surface area contributed by atoms with Gasteiger partial charge >= 0.3 is 0 Å². The van der Waals surface area contributed by atoms with E-state index in [0.29, 0.717) is 22.8 Å². The molecule has 0 saturated heterocycles. The Morgan fingerprint density at radius 2 is 2.30 bits per heavy atom. The van der Waals surface area contributed by atoms with E-state index in [0.717, 1.165) is 22.4 Å². The Balaban J connectivity index is 1.77. The van der Waals surface area contributed by atoms with Crippen LogP contribution in [0.15, 0.2) is 27.2 Å². The molecule has 6 heteroatoms. The number of nitrogens with one attached hydrogen (secondary N) is 1. The van der Waals surface area contributed by atoms with Crippen LogP contribution in [0.25, 0.3) is 11.4 Å². The average molecular weight is 357 g/mol. The summed E-state index contributed by atoms with van der Waals surface area (Å²) >= 11 is 9.38. The molecule has 1 fully saturated rings. The lowest BCUT2D eigenvalue weighted by atomic mass is 10.1. The average Bonchev–Trinajstić information content (AvgIpc) is 3.18. The van der Waals surface area contributed by atoms with Crippen LogP contribution in [0.2, 0.25) is 5.02 Å². The van der Waals surface area contributed by atoms with Gasteiger partial charge in [-0.15, -0.1) is 0 Å². The Kier molecular flexibility index (Phi) is 4.10. The van der Waals surface area contributed by atoms with Gasteiger partial charge in [-0.05, 0) is 59.9 Å². The van der Waals surface area contributed by atoms with Crippen molar-refractivity contribution < 1.29 is 4.52 Å². The normalized spacial score (nSPS) is 16.4. The number of rotatable bonds is 5. The molecule has 1 aromatic heterocycles. The summed E-state index contributed by atoms with van der Waals surface area (Å²) in [5.74, 6) is 2.03. The van der Waals surface area contributed by atoms with E-state index in [4.69, 9.17) is 16.1 Å². The van der Waals surface area contributed by atoms with Crippen LogP contribution in [-0.2, 0) is 6.42 Å². The van der Waals surface area contributed by atoms with E-state index in [9.17, 15) is 0 Å². The van der Waals surface area contributed by atoms with Gasteiger partial charge in [0.25, 0.3) is 0 Å². The number of hydrogen-bond acceptors (Lipinski definition) is 4. The van der Waals surface area contributed by atoms with Crippen LogP contribution in [0.1, 0.15) is 18.7 Å². The summed E-state index contributed by atoms with van der Waals surface area (Å²) < 4.78 is 6.18. The van der Waals surface area contributed by atoms with Gasteiger partial charge in [0.15, 0.2) is 0 Å². The Morgan fingerprint density at radius 3 is 2.95 bits per heavy atom. The third-order valence-electron chi connectivity index (χ3n) is 3.60. The van der Waals surface area contributed by atoms with Crippen molar-refractivity contribution in [1.82, 2.24) is 15.5 Å². The lowest BCUT2D eigenvalue weighted by Gasteiger charge is -2.11. The maximum absolute atomic E-state index is 5.98. The second-order valence-corrected chi connectivity index (χ2v) is 6.34. The molecular weight excluding hydrogens is 342 g/mol. The van der Waals surface area contributed by atoms with Crippen LogP contribution in [0.4, 0.5) is 0 Å². The number of likely N-dealkylation sites (N-methyl/N-ethyl adjacent to an activating group) is 1. The highest BCUT2D eigenvalue weighted by Crippen LogP contribution is 2.34. The molecule has 1 atom stereocenters. The fourth-order valence-corrected chi connectivity index (χ4v) is 2.78. The van der Waals surface area contributed by atoms with Gasteiger partial charge < -0.3 is 9.84 Å². The molecule has 1 aliphatic carbocycles. The van der Waals surface area contributed by atoms with Crippen molar-refractivity contribution in [3.05, 3.63) is 33.6 Å². The number of hydrogen-bond donors (Lipinski definition) is 1. The first kappa shape index (κ1) is 14.0. The van der Waals surface area contributed by atoms with Gasteiger partial charge in [-0.25, -0.2) is 0 Å². The summed E-state index contributed by atoms with van der Waals surface area (Å²) in [5, 5.41) is 8.04. The van der Waals surface area contributed by atoms with Crippen molar-refractivity contribution in [3.63, 3.8) is 0 Å². The van der Waals surface area contributed by atoms with Crippen molar-refractivity contribution in [2.45, 2.75) is 25.3 Å². The minimum atomic E-state index is 0.431. The van der Waals surface area contributed by atoms with Crippen molar-refractivity contribution in [2.75, 3.05) is 7.05 Å². The van der Waals surface area contributed by atoms with E-state index >= 15 is 0 Å². The Labute approximate surface area is 131 Å². The molecule has 20 heavy (non-hydrogen) atoms. The number of nitrogens with zero attached hydrogens (tertiary/aromatic N) is 2. The van der Waals surface area contributed by atoms with E-state index < -0.39 is 0 Å². The molecule has 0 bridgehead atoms. The Hall–Kier alpha value is -0.910. The molecule has 1 aromatic carbocycles. The highest BCUT2D eigenvalue weighted by Gasteiger charge is 2.31. The zero-order valence-electron chi connectivity index (χ0n) is 11.1. The zero-order chi connectivity index (χ0) is 14.1. The van der Waals surface area contributed by atoms with Crippen molar-refractivity contribution in [1.29, 1.82) is 0 Å². The van der Waals surface area contributed by atoms with Gasteiger partial charge in [0.05, 0.1) is 5.02 Å². The topological polar surface area (TPSA) is 51.0 Å². The predicted molar refractivity (Wildman–Crippen MR) is 81.7 cm³/mol. The van der Waals surface area contributed by atoms with Crippen LogP contribution in [0, 0.1) is 5.92 Å². The van der Waals surface area contributed by atoms with Crippen LogP contribution in [0.5, 0.6) is 0 Å². The molecule has 0 amide bonds. The minimum absolute atomic E-state index is 0.431. The molecular formula is C14H15BrClN3O. The molecule has 2 aromatic rings. The maximum Gasteiger partial charge on any atom is 0.228 e. The number of aromatic nitrogens is 2. The number of benzene rings is 1. The lowest BCUT2D eigenvalue weighted by molar-refractivity contribution is 0.352. The third-order valence-corrected chi connectivity index (χ3v) is 4.82. The summed E-state index contributed by atoms with van der Waals surface area (Å²) in [6.07, 6.45) is 3.36. The molecule has 4 nitrogen and oxygen atoms in total. The lowest BCUT2D eigenvalue weighted by Crippen LogP contribution is -2.29. The van der Waals surface area contributed by atoms with E-state index in [2.05, 4.69) is 31.4 Å². The summed E-state index contributed by atoms with van der Waals surface area (Å²) in [4.78, 5) is 4.47. The molecule has 0 spiro atoms. The summed E-state index contributed by atoms with van der Waals surface area (Å²) in [7, 11) is 1.98. The van der Waals surface area contributed by atoms with Gasteiger partial charge in [-0.3, -0.25) is 0 Å². The highest BCUT2D eigenvalue weighted by molar-refractivity contribution is 9.10. The van der Waals surface area contributed by atoms with Crippen LogP contribution in [-0.4, -0.2) is 23.2 Å². The maximum atomic E-state index is 5.98. The summed E-state index contributed by atoms with van der Waals surface area (Å²) in [6.45, 7) is 0. The van der Waals surface area contributed by atoms with Gasteiger partial charge in [-0.2, -0.15) is 4.98 Å².